The molecule has 4 N–H and O–H groups in total. The van der Waals surface area contributed by atoms with E-state index in [1.54, 1.807) is 29.2 Å². The summed E-state index contributed by atoms with van der Waals surface area (Å²) in [5, 5.41) is 3.12. The van der Waals surface area contributed by atoms with E-state index in [1.807, 2.05) is 79.0 Å². The molecule has 0 saturated carbocycles. The monoisotopic (exact) mass is 604 g/mol. The van der Waals surface area contributed by atoms with Gasteiger partial charge in [-0.3, -0.25) is 19.3 Å². The molecule has 0 aliphatic carbocycles. The summed E-state index contributed by atoms with van der Waals surface area (Å²) in [7, 11) is 0. The highest BCUT2D eigenvalue weighted by molar-refractivity contribution is 8.01. The van der Waals surface area contributed by atoms with E-state index in [9.17, 15) is 14.4 Å². The molecule has 5 aromatic rings. The van der Waals surface area contributed by atoms with Crippen LogP contribution in [0.2, 0.25) is 0 Å². The molecule has 8 nitrogen and oxygen atoms in total. The van der Waals surface area contributed by atoms with Gasteiger partial charge in [0.1, 0.15) is 17.7 Å². The van der Waals surface area contributed by atoms with Crippen LogP contribution in [0.3, 0.4) is 0 Å². The van der Waals surface area contributed by atoms with Gasteiger partial charge in [0, 0.05) is 41.3 Å². The first kappa shape index (κ1) is 29.1. The summed E-state index contributed by atoms with van der Waals surface area (Å²) in [6, 6.07) is 32.3. The molecule has 4 aromatic carbocycles. The van der Waals surface area contributed by atoms with Crippen molar-refractivity contribution in [3.63, 3.8) is 0 Å². The number of hydrogen-bond donors (Lipinski definition) is 3. The molecular weight excluding hydrogens is 572 g/mol. The average molecular weight is 605 g/mol. The highest BCUT2D eigenvalue weighted by atomic mass is 32.2. The lowest BCUT2D eigenvalue weighted by Crippen LogP contribution is -2.34. The SMILES string of the molecule is NC(=O)c1cccc(N2C(=O)C(CC(=O)NCCc3c[nH]c4ccccc34)SC2c2ccc(OCc3ccccc3)cc2)c1. The van der Waals surface area contributed by atoms with Crippen LogP contribution < -0.4 is 20.7 Å². The molecule has 6 rings (SSSR count). The summed E-state index contributed by atoms with van der Waals surface area (Å²) in [4.78, 5) is 43.7. The third kappa shape index (κ3) is 6.48. The summed E-state index contributed by atoms with van der Waals surface area (Å²) in [6.45, 7) is 0.908. The quantitative estimate of drug-likeness (QED) is 0.178. The van der Waals surface area contributed by atoms with Crippen LogP contribution in [0.15, 0.2) is 109 Å². The van der Waals surface area contributed by atoms with Crippen LogP contribution >= 0.6 is 11.8 Å². The van der Waals surface area contributed by atoms with Crippen molar-refractivity contribution in [3.8, 4) is 5.75 Å². The van der Waals surface area contributed by atoms with Gasteiger partial charge in [0.15, 0.2) is 0 Å². The Kier molecular flexibility index (Phi) is 8.65. The van der Waals surface area contributed by atoms with Crippen LogP contribution in [-0.2, 0) is 22.6 Å². The van der Waals surface area contributed by atoms with Crippen molar-refractivity contribution in [2.45, 2.75) is 30.1 Å². The van der Waals surface area contributed by atoms with Gasteiger partial charge in [0.2, 0.25) is 17.7 Å². The fourth-order valence-electron chi connectivity index (χ4n) is 5.37. The van der Waals surface area contributed by atoms with Gasteiger partial charge < -0.3 is 20.8 Å². The Morgan fingerprint density at radius 2 is 1.70 bits per heavy atom. The average Bonchev–Trinajstić information content (AvgIpc) is 3.61. The maximum atomic E-state index is 13.8. The van der Waals surface area contributed by atoms with Crippen LogP contribution in [0.1, 0.15) is 38.8 Å². The molecule has 0 spiro atoms. The van der Waals surface area contributed by atoms with Crippen molar-refractivity contribution >= 4 is 46.1 Å². The predicted octanol–water partition coefficient (Wildman–Crippen LogP) is 5.74. The molecule has 1 aliphatic heterocycles. The van der Waals surface area contributed by atoms with E-state index in [0.717, 1.165) is 27.6 Å². The summed E-state index contributed by atoms with van der Waals surface area (Å²) >= 11 is 1.42. The van der Waals surface area contributed by atoms with E-state index in [-0.39, 0.29) is 18.2 Å². The predicted molar refractivity (Wildman–Crippen MR) is 173 cm³/mol. The van der Waals surface area contributed by atoms with Gasteiger partial charge >= 0.3 is 0 Å². The number of amides is 3. The Morgan fingerprint density at radius 3 is 2.50 bits per heavy atom. The number of benzene rings is 4. The molecule has 2 unspecified atom stereocenters. The maximum absolute atomic E-state index is 13.8. The summed E-state index contributed by atoms with van der Waals surface area (Å²) < 4.78 is 5.95. The molecule has 1 fully saturated rings. The van der Waals surface area contributed by atoms with Crippen molar-refractivity contribution < 1.29 is 19.1 Å². The molecule has 1 aromatic heterocycles. The number of anilines is 1. The number of nitrogens with zero attached hydrogens (tertiary/aromatic N) is 1. The third-order valence-electron chi connectivity index (χ3n) is 7.63. The number of aromatic nitrogens is 1. The number of fused-ring (bicyclic) bond motifs is 1. The molecule has 44 heavy (non-hydrogen) atoms. The standard InChI is InChI=1S/C35H32N4O4S/c36-33(41)25-9-6-10-27(19-25)39-34(42)31(20-32(40)37-18-17-26-21-38-30-12-5-4-11-29(26)30)44-35(39)24-13-15-28(16-14-24)43-22-23-7-2-1-3-8-23/h1-16,19,21,31,35,38H,17-18,20,22H2,(H2,36,41)(H,37,40). The number of carbonyl (C=O) groups is 3. The second-order valence-electron chi connectivity index (χ2n) is 10.6. The Labute approximate surface area is 259 Å². The number of rotatable bonds is 11. The van der Waals surface area contributed by atoms with Gasteiger partial charge in [-0.15, -0.1) is 11.8 Å². The van der Waals surface area contributed by atoms with E-state index >= 15 is 0 Å². The Hall–Kier alpha value is -5.02. The molecule has 2 atom stereocenters. The van der Waals surface area contributed by atoms with Gasteiger partial charge in [-0.1, -0.05) is 66.7 Å². The summed E-state index contributed by atoms with van der Waals surface area (Å²) in [5.41, 5.74) is 10.5. The second-order valence-corrected chi connectivity index (χ2v) is 11.9. The first-order valence-electron chi connectivity index (χ1n) is 14.4. The molecule has 9 heteroatoms. The minimum absolute atomic E-state index is 0.0398. The summed E-state index contributed by atoms with van der Waals surface area (Å²) in [5.74, 6) is -0.251. The van der Waals surface area contributed by atoms with E-state index < -0.39 is 16.5 Å². The fourth-order valence-corrected chi connectivity index (χ4v) is 6.82. The number of aromatic amines is 1. The van der Waals surface area contributed by atoms with Crippen LogP contribution in [-0.4, -0.2) is 34.5 Å². The first-order valence-corrected chi connectivity index (χ1v) is 15.4. The zero-order valence-electron chi connectivity index (χ0n) is 23.9. The van der Waals surface area contributed by atoms with E-state index in [1.165, 1.54) is 11.8 Å². The second kappa shape index (κ2) is 13.1. The number of hydrogen-bond acceptors (Lipinski definition) is 5. The number of primary amides is 1. The Balaban J connectivity index is 1.16. The van der Waals surface area contributed by atoms with Gasteiger partial charge in [-0.2, -0.15) is 0 Å². The number of nitrogens with one attached hydrogen (secondary N) is 2. The minimum Gasteiger partial charge on any atom is -0.489 e. The maximum Gasteiger partial charge on any atom is 0.248 e. The Morgan fingerprint density at radius 1 is 0.932 bits per heavy atom. The molecular formula is C35H32N4O4S. The normalized spacial score (nSPS) is 16.3. The van der Waals surface area contributed by atoms with Crippen LogP contribution in [0.4, 0.5) is 5.69 Å². The van der Waals surface area contributed by atoms with Gasteiger partial charge in [0.25, 0.3) is 0 Å². The lowest BCUT2D eigenvalue weighted by atomic mass is 10.1. The number of carbonyl (C=O) groups excluding carboxylic acids is 3. The molecule has 222 valence electrons. The van der Waals surface area contributed by atoms with E-state index in [2.05, 4.69) is 16.4 Å². The van der Waals surface area contributed by atoms with Crippen LogP contribution in [0.5, 0.6) is 5.75 Å². The van der Waals surface area contributed by atoms with Crippen molar-refractivity contribution in [2.24, 2.45) is 5.73 Å². The fraction of sp³-hybridized carbons (Fsp3) is 0.171. The number of ether oxygens (including phenoxy) is 1. The topological polar surface area (TPSA) is 118 Å². The third-order valence-corrected chi connectivity index (χ3v) is 9.06. The lowest BCUT2D eigenvalue weighted by Gasteiger charge is -2.25. The van der Waals surface area contributed by atoms with Crippen LogP contribution in [0, 0.1) is 0 Å². The number of H-pyrrole nitrogens is 1. The number of nitrogens with two attached hydrogens (primary N) is 1. The molecule has 1 aliphatic rings. The molecule has 2 heterocycles. The van der Waals surface area contributed by atoms with Gasteiger partial charge in [-0.25, -0.2) is 0 Å². The van der Waals surface area contributed by atoms with Gasteiger partial charge in [0.05, 0.1) is 5.25 Å². The zero-order valence-corrected chi connectivity index (χ0v) is 24.8. The van der Waals surface area contributed by atoms with Crippen molar-refractivity contribution in [3.05, 3.63) is 132 Å². The molecule has 3 amide bonds. The smallest absolute Gasteiger partial charge is 0.248 e. The molecule has 1 saturated heterocycles. The van der Waals surface area contributed by atoms with Crippen molar-refractivity contribution in [2.75, 3.05) is 11.4 Å². The minimum atomic E-state index is -0.598. The van der Waals surface area contributed by atoms with Crippen LogP contribution in [0.25, 0.3) is 10.9 Å². The molecule has 0 bridgehead atoms. The lowest BCUT2D eigenvalue weighted by molar-refractivity contribution is -0.124. The number of thioether (sulfide) groups is 1. The highest BCUT2D eigenvalue weighted by Crippen LogP contribution is 2.47. The highest BCUT2D eigenvalue weighted by Gasteiger charge is 2.43. The number of para-hydroxylation sites is 1. The zero-order chi connectivity index (χ0) is 30.5. The molecule has 0 radical (unpaired) electrons. The van der Waals surface area contributed by atoms with Crippen molar-refractivity contribution in [1.82, 2.24) is 10.3 Å². The van der Waals surface area contributed by atoms with Gasteiger partial charge in [-0.05, 0) is 59.5 Å². The van der Waals surface area contributed by atoms with Crippen molar-refractivity contribution in [1.29, 1.82) is 0 Å². The first-order chi connectivity index (χ1) is 21.5. The van der Waals surface area contributed by atoms with E-state index in [0.29, 0.717) is 36.6 Å². The summed E-state index contributed by atoms with van der Waals surface area (Å²) in [6.07, 6.45) is 2.68. The largest absolute Gasteiger partial charge is 0.489 e. The Bertz CT molecular complexity index is 1790. The van der Waals surface area contributed by atoms with E-state index in [4.69, 9.17) is 10.5 Å².